The highest BCUT2D eigenvalue weighted by Crippen LogP contribution is 2.30. The van der Waals surface area contributed by atoms with Gasteiger partial charge in [-0.05, 0) is 60.9 Å². The molecule has 1 atom stereocenters. The molecule has 5 heteroatoms. The Morgan fingerprint density at radius 1 is 1.00 bits per heavy atom. The number of benzene rings is 2. The van der Waals surface area contributed by atoms with E-state index in [-0.39, 0.29) is 5.54 Å². The molecule has 1 aromatic heterocycles. The van der Waals surface area contributed by atoms with Crippen LogP contribution in [0.2, 0.25) is 0 Å². The van der Waals surface area contributed by atoms with E-state index in [1.165, 1.54) is 5.56 Å². The van der Waals surface area contributed by atoms with Crippen LogP contribution in [0.3, 0.4) is 0 Å². The Kier molecular flexibility index (Phi) is 4.34. The summed E-state index contributed by atoms with van der Waals surface area (Å²) in [6, 6.07) is 16.4. The second kappa shape index (κ2) is 6.43. The van der Waals surface area contributed by atoms with Crippen LogP contribution in [0.4, 0.5) is 5.69 Å². The summed E-state index contributed by atoms with van der Waals surface area (Å²) in [7, 11) is 0. The topological polar surface area (TPSA) is 55.6 Å². The monoisotopic (exact) mass is 321 g/mol. The van der Waals surface area contributed by atoms with Gasteiger partial charge in [-0.15, -0.1) is 5.10 Å². The molecule has 1 heterocycles. The molecule has 2 aromatic carbocycles. The van der Waals surface area contributed by atoms with Crippen molar-refractivity contribution in [2.45, 2.75) is 39.7 Å². The van der Waals surface area contributed by atoms with E-state index in [1.807, 2.05) is 35.0 Å². The van der Waals surface area contributed by atoms with E-state index in [1.54, 1.807) is 0 Å². The van der Waals surface area contributed by atoms with Crippen molar-refractivity contribution in [1.82, 2.24) is 20.2 Å². The van der Waals surface area contributed by atoms with Gasteiger partial charge in [0.15, 0.2) is 5.82 Å². The van der Waals surface area contributed by atoms with Crippen molar-refractivity contribution in [3.63, 3.8) is 0 Å². The number of rotatable bonds is 5. The van der Waals surface area contributed by atoms with Crippen LogP contribution in [-0.4, -0.2) is 20.2 Å². The molecule has 5 nitrogen and oxygen atoms in total. The number of para-hydroxylation sites is 2. The molecule has 0 spiro atoms. The van der Waals surface area contributed by atoms with Gasteiger partial charge in [0.25, 0.3) is 0 Å². The molecule has 0 aliphatic heterocycles. The first-order chi connectivity index (χ1) is 11.5. The van der Waals surface area contributed by atoms with Crippen LogP contribution < -0.4 is 5.32 Å². The van der Waals surface area contributed by atoms with Gasteiger partial charge in [-0.2, -0.15) is 4.68 Å². The number of tetrazole rings is 1. The molecule has 3 aromatic rings. The third kappa shape index (κ3) is 2.89. The van der Waals surface area contributed by atoms with Crippen molar-refractivity contribution < 1.29 is 0 Å². The second-order valence-electron chi connectivity index (χ2n) is 6.33. The summed E-state index contributed by atoms with van der Waals surface area (Å²) in [5.41, 5.74) is 4.06. The van der Waals surface area contributed by atoms with Gasteiger partial charge in [0, 0.05) is 5.69 Å². The Morgan fingerprint density at radius 2 is 1.67 bits per heavy atom. The van der Waals surface area contributed by atoms with Gasteiger partial charge in [-0.25, -0.2) is 0 Å². The van der Waals surface area contributed by atoms with Crippen LogP contribution in [0, 0.1) is 13.8 Å². The van der Waals surface area contributed by atoms with Gasteiger partial charge < -0.3 is 5.32 Å². The lowest BCUT2D eigenvalue weighted by Crippen LogP contribution is -2.35. The molecule has 0 fully saturated rings. The Morgan fingerprint density at radius 3 is 2.33 bits per heavy atom. The molecule has 3 rings (SSSR count). The first kappa shape index (κ1) is 16.2. The zero-order valence-corrected chi connectivity index (χ0v) is 14.6. The molecular weight excluding hydrogens is 298 g/mol. The molecule has 0 unspecified atom stereocenters. The van der Waals surface area contributed by atoms with Gasteiger partial charge in [-0.1, -0.05) is 43.3 Å². The Labute approximate surface area is 142 Å². The second-order valence-corrected chi connectivity index (χ2v) is 6.33. The van der Waals surface area contributed by atoms with E-state index in [0.29, 0.717) is 0 Å². The smallest absolute Gasteiger partial charge is 0.181 e. The Hall–Kier alpha value is -2.69. The minimum absolute atomic E-state index is 0.377. The largest absolute Gasteiger partial charge is 0.373 e. The number of aryl methyl sites for hydroxylation is 2. The maximum Gasteiger partial charge on any atom is 0.181 e. The maximum absolute atomic E-state index is 4.34. The van der Waals surface area contributed by atoms with Crippen LogP contribution in [-0.2, 0) is 5.54 Å². The maximum atomic E-state index is 4.34. The number of anilines is 1. The SMILES string of the molecule is CC[C@@](C)(Nc1ccccc1C)c1nnnn1-c1ccccc1C. The Balaban J connectivity index is 2.05. The van der Waals surface area contributed by atoms with E-state index in [9.17, 15) is 0 Å². The highest BCUT2D eigenvalue weighted by Gasteiger charge is 2.32. The first-order valence-corrected chi connectivity index (χ1v) is 8.24. The fourth-order valence-corrected chi connectivity index (χ4v) is 2.81. The summed E-state index contributed by atoms with van der Waals surface area (Å²) in [6.45, 7) is 8.45. The van der Waals surface area contributed by atoms with Gasteiger partial charge in [0.1, 0.15) is 0 Å². The zero-order chi connectivity index (χ0) is 17.2. The molecular formula is C19H23N5. The first-order valence-electron chi connectivity index (χ1n) is 8.24. The summed E-state index contributed by atoms with van der Waals surface area (Å²) in [4.78, 5) is 0. The van der Waals surface area contributed by atoms with Crippen LogP contribution >= 0.6 is 0 Å². The normalized spacial score (nSPS) is 13.5. The molecule has 0 aliphatic rings. The van der Waals surface area contributed by atoms with Crippen LogP contribution in [0.25, 0.3) is 5.69 Å². The van der Waals surface area contributed by atoms with Gasteiger partial charge in [0.2, 0.25) is 0 Å². The summed E-state index contributed by atoms with van der Waals surface area (Å²) in [5.74, 6) is 0.808. The summed E-state index contributed by atoms with van der Waals surface area (Å²) >= 11 is 0. The van der Waals surface area contributed by atoms with Gasteiger partial charge in [0.05, 0.1) is 11.2 Å². The molecule has 1 N–H and O–H groups in total. The molecule has 24 heavy (non-hydrogen) atoms. The van der Waals surface area contributed by atoms with Crippen molar-refractivity contribution in [2.24, 2.45) is 0 Å². The summed E-state index contributed by atoms with van der Waals surface area (Å²) in [6.07, 6.45) is 0.855. The number of nitrogens with zero attached hydrogens (tertiary/aromatic N) is 4. The summed E-state index contributed by atoms with van der Waals surface area (Å²) in [5, 5.41) is 16.2. The van der Waals surface area contributed by atoms with Crippen molar-refractivity contribution in [1.29, 1.82) is 0 Å². The van der Waals surface area contributed by atoms with Crippen LogP contribution in [0.1, 0.15) is 37.2 Å². The quantitative estimate of drug-likeness (QED) is 0.771. The molecule has 0 bridgehead atoms. The predicted molar refractivity (Wildman–Crippen MR) is 96.3 cm³/mol. The number of hydrogen-bond donors (Lipinski definition) is 1. The minimum Gasteiger partial charge on any atom is -0.373 e. The lowest BCUT2D eigenvalue weighted by atomic mass is 9.96. The predicted octanol–water partition coefficient (Wildman–Crippen LogP) is 4.02. The van der Waals surface area contributed by atoms with E-state index in [2.05, 4.69) is 66.7 Å². The molecule has 124 valence electrons. The molecule has 0 saturated carbocycles. The molecule has 0 radical (unpaired) electrons. The third-order valence-electron chi connectivity index (χ3n) is 4.57. The molecule has 0 saturated heterocycles. The Bertz CT molecular complexity index is 839. The lowest BCUT2D eigenvalue weighted by Gasteiger charge is -2.30. The summed E-state index contributed by atoms with van der Waals surface area (Å²) < 4.78 is 1.84. The van der Waals surface area contributed by atoms with E-state index >= 15 is 0 Å². The number of nitrogens with one attached hydrogen (secondary N) is 1. The van der Waals surface area contributed by atoms with E-state index in [0.717, 1.165) is 29.2 Å². The van der Waals surface area contributed by atoms with Crippen molar-refractivity contribution in [3.8, 4) is 5.69 Å². The average molecular weight is 321 g/mol. The van der Waals surface area contributed by atoms with Crippen LogP contribution in [0.15, 0.2) is 48.5 Å². The molecule has 0 aliphatic carbocycles. The fraction of sp³-hybridized carbons (Fsp3) is 0.316. The minimum atomic E-state index is -0.377. The van der Waals surface area contributed by atoms with Crippen LogP contribution in [0.5, 0.6) is 0 Å². The van der Waals surface area contributed by atoms with E-state index in [4.69, 9.17) is 0 Å². The zero-order valence-electron chi connectivity index (χ0n) is 14.6. The average Bonchev–Trinajstić information content (AvgIpc) is 3.07. The molecule has 0 amide bonds. The standard InChI is InChI=1S/C19H23N5/c1-5-19(4,20-16-12-8-6-10-14(16)2)18-21-22-23-24(18)17-13-9-7-11-15(17)3/h6-13,20H,5H2,1-4H3/t19-/m1/s1. The fourth-order valence-electron chi connectivity index (χ4n) is 2.81. The number of aromatic nitrogens is 4. The number of hydrogen-bond acceptors (Lipinski definition) is 4. The van der Waals surface area contributed by atoms with Gasteiger partial charge >= 0.3 is 0 Å². The van der Waals surface area contributed by atoms with Gasteiger partial charge in [-0.3, -0.25) is 0 Å². The van der Waals surface area contributed by atoms with Crippen molar-refractivity contribution in [2.75, 3.05) is 5.32 Å². The third-order valence-corrected chi connectivity index (χ3v) is 4.57. The highest BCUT2D eigenvalue weighted by atomic mass is 15.6. The van der Waals surface area contributed by atoms with Crippen molar-refractivity contribution >= 4 is 5.69 Å². The highest BCUT2D eigenvalue weighted by molar-refractivity contribution is 5.53. The van der Waals surface area contributed by atoms with Crippen molar-refractivity contribution in [3.05, 3.63) is 65.5 Å². The lowest BCUT2D eigenvalue weighted by molar-refractivity contribution is 0.474. The van der Waals surface area contributed by atoms with E-state index < -0.39 is 0 Å².